The summed E-state index contributed by atoms with van der Waals surface area (Å²) in [6, 6.07) is 12.0. The third kappa shape index (κ3) is 7.34. The molecule has 0 fully saturated rings. The molecule has 7 nitrogen and oxygen atoms in total. The summed E-state index contributed by atoms with van der Waals surface area (Å²) in [4.78, 5) is 38.2. The Bertz CT molecular complexity index is 868. The maximum atomic E-state index is 13.0. The fourth-order valence-electron chi connectivity index (χ4n) is 2.63. The van der Waals surface area contributed by atoms with Crippen LogP contribution in [0.1, 0.15) is 24.2 Å². The van der Waals surface area contributed by atoms with E-state index in [0.717, 1.165) is 0 Å². The number of nitrogens with zero attached hydrogens (tertiary/aromatic N) is 1. The molecule has 0 bridgehead atoms. The predicted octanol–water partition coefficient (Wildman–Crippen LogP) is 2.47. The molecule has 0 radical (unpaired) electrons. The second kappa shape index (κ2) is 10.3. The molecule has 0 saturated heterocycles. The van der Waals surface area contributed by atoms with Crippen molar-refractivity contribution in [1.29, 1.82) is 0 Å². The van der Waals surface area contributed by atoms with Gasteiger partial charge in [-0.2, -0.15) is 0 Å². The summed E-state index contributed by atoms with van der Waals surface area (Å²) in [7, 11) is 1.66. The molecule has 0 aromatic heterocycles. The third-order valence-corrected chi connectivity index (χ3v) is 3.82. The Hall–Kier alpha value is -3.26. The molecule has 2 aromatic carbocycles. The minimum atomic E-state index is -0.433. The molecule has 0 saturated carbocycles. The molecular weight excluding hydrogens is 375 g/mol. The first-order valence-corrected chi connectivity index (χ1v) is 9.18. The number of anilines is 2. The van der Waals surface area contributed by atoms with Gasteiger partial charge in [0.15, 0.2) is 0 Å². The van der Waals surface area contributed by atoms with E-state index in [1.165, 1.54) is 24.3 Å². The van der Waals surface area contributed by atoms with Crippen molar-refractivity contribution in [2.45, 2.75) is 19.9 Å². The maximum absolute atomic E-state index is 13.0. The number of carbonyl (C=O) groups excluding carboxylic acids is 3. The number of rotatable bonds is 8. The topological polar surface area (TPSA) is 90.5 Å². The van der Waals surface area contributed by atoms with E-state index in [0.29, 0.717) is 11.4 Å². The molecule has 0 heterocycles. The Kier molecular flexibility index (Phi) is 7.85. The van der Waals surface area contributed by atoms with Crippen LogP contribution in [-0.2, 0) is 9.59 Å². The molecular formula is C21H25FN4O3. The molecule has 0 unspecified atom stereocenters. The van der Waals surface area contributed by atoms with Crippen LogP contribution in [0.15, 0.2) is 48.5 Å². The Balaban J connectivity index is 1.98. The fourth-order valence-corrected chi connectivity index (χ4v) is 2.63. The minimum absolute atomic E-state index is 0.0145. The van der Waals surface area contributed by atoms with E-state index in [2.05, 4.69) is 16.0 Å². The molecule has 154 valence electrons. The molecule has 3 amide bonds. The van der Waals surface area contributed by atoms with Crippen molar-refractivity contribution in [3.8, 4) is 0 Å². The molecule has 3 N–H and O–H groups in total. The molecule has 0 atom stereocenters. The van der Waals surface area contributed by atoms with Crippen LogP contribution in [0.5, 0.6) is 0 Å². The van der Waals surface area contributed by atoms with Gasteiger partial charge in [0, 0.05) is 11.7 Å². The third-order valence-electron chi connectivity index (χ3n) is 3.82. The second-order valence-corrected chi connectivity index (χ2v) is 6.95. The zero-order valence-electron chi connectivity index (χ0n) is 16.7. The first-order valence-electron chi connectivity index (χ1n) is 9.18. The Labute approximate surface area is 169 Å². The van der Waals surface area contributed by atoms with Gasteiger partial charge in [-0.05, 0) is 57.3 Å². The zero-order valence-corrected chi connectivity index (χ0v) is 16.7. The Morgan fingerprint density at radius 2 is 1.55 bits per heavy atom. The van der Waals surface area contributed by atoms with Crippen molar-refractivity contribution in [1.82, 2.24) is 10.2 Å². The van der Waals surface area contributed by atoms with Crippen LogP contribution < -0.4 is 16.0 Å². The lowest BCUT2D eigenvalue weighted by Crippen LogP contribution is -2.41. The Morgan fingerprint density at radius 3 is 2.21 bits per heavy atom. The van der Waals surface area contributed by atoms with Crippen molar-refractivity contribution in [2.24, 2.45) is 0 Å². The quantitative estimate of drug-likeness (QED) is 0.635. The summed E-state index contributed by atoms with van der Waals surface area (Å²) in [6.45, 7) is 3.79. The van der Waals surface area contributed by atoms with Gasteiger partial charge in [0.1, 0.15) is 5.82 Å². The van der Waals surface area contributed by atoms with E-state index in [4.69, 9.17) is 0 Å². The van der Waals surface area contributed by atoms with Crippen LogP contribution >= 0.6 is 0 Å². The average molecular weight is 400 g/mol. The normalized spacial score (nSPS) is 10.7. The SMILES string of the molecule is CC(C)NC(=O)CN(C)CC(=O)Nc1ccccc1C(=O)Nc1ccc(F)cc1. The van der Waals surface area contributed by atoms with Crippen molar-refractivity contribution in [3.05, 3.63) is 59.9 Å². The van der Waals surface area contributed by atoms with Crippen LogP contribution in [0.4, 0.5) is 15.8 Å². The minimum Gasteiger partial charge on any atom is -0.353 e. The van der Waals surface area contributed by atoms with Crippen molar-refractivity contribution < 1.29 is 18.8 Å². The molecule has 0 aliphatic rings. The van der Waals surface area contributed by atoms with Crippen LogP contribution in [0.25, 0.3) is 0 Å². The summed E-state index contributed by atoms with van der Waals surface area (Å²) in [6.07, 6.45) is 0. The van der Waals surface area contributed by atoms with Gasteiger partial charge < -0.3 is 16.0 Å². The van der Waals surface area contributed by atoms with Gasteiger partial charge in [-0.25, -0.2) is 4.39 Å². The standard InChI is InChI=1S/C21H25FN4O3/c1-14(2)23-19(27)12-26(3)13-20(28)25-18-7-5-4-6-17(18)21(29)24-16-10-8-15(22)9-11-16/h4-11,14H,12-13H2,1-3H3,(H,23,27)(H,24,29)(H,25,28). The summed E-state index contributed by atoms with van der Waals surface area (Å²) >= 11 is 0. The van der Waals surface area contributed by atoms with E-state index in [1.54, 1.807) is 36.2 Å². The van der Waals surface area contributed by atoms with Crippen molar-refractivity contribution in [2.75, 3.05) is 30.8 Å². The van der Waals surface area contributed by atoms with Gasteiger partial charge in [0.25, 0.3) is 5.91 Å². The van der Waals surface area contributed by atoms with Gasteiger partial charge in [-0.1, -0.05) is 12.1 Å². The number of hydrogen-bond donors (Lipinski definition) is 3. The number of benzene rings is 2. The van der Waals surface area contributed by atoms with Gasteiger partial charge in [-0.15, -0.1) is 0 Å². The number of halogens is 1. The number of para-hydroxylation sites is 1. The average Bonchev–Trinajstić information content (AvgIpc) is 2.62. The summed E-state index contributed by atoms with van der Waals surface area (Å²) in [5.74, 6) is -1.36. The predicted molar refractivity (Wildman–Crippen MR) is 110 cm³/mol. The summed E-state index contributed by atoms with van der Waals surface area (Å²) in [5, 5.41) is 8.12. The number of hydrogen-bond acceptors (Lipinski definition) is 4. The van der Waals surface area contributed by atoms with Crippen molar-refractivity contribution in [3.63, 3.8) is 0 Å². The first-order chi connectivity index (χ1) is 13.7. The molecule has 29 heavy (non-hydrogen) atoms. The smallest absolute Gasteiger partial charge is 0.257 e. The molecule has 2 rings (SSSR count). The zero-order chi connectivity index (χ0) is 21.4. The van der Waals surface area contributed by atoms with E-state index in [9.17, 15) is 18.8 Å². The monoisotopic (exact) mass is 400 g/mol. The highest BCUT2D eigenvalue weighted by molar-refractivity contribution is 6.10. The number of likely N-dealkylation sites (N-methyl/N-ethyl adjacent to an activating group) is 1. The lowest BCUT2D eigenvalue weighted by molar-refractivity contribution is -0.123. The van der Waals surface area contributed by atoms with E-state index in [-0.39, 0.29) is 36.5 Å². The largest absolute Gasteiger partial charge is 0.353 e. The van der Waals surface area contributed by atoms with Gasteiger partial charge >= 0.3 is 0 Å². The highest BCUT2D eigenvalue weighted by Gasteiger charge is 2.15. The number of nitrogens with one attached hydrogen (secondary N) is 3. The van der Waals surface area contributed by atoms with Crippen LogP contribution in [0, 0.1) is 5.82 Å². The fraction of sp³-hybridized carbons (Fsp3) is 0.286. The first kappa shape index (κ1) is 22.0. The lowest BCUT2D eigenvalue weighted by atomic mass is 10.1. The van der Waals surface area contributed by atoms with E-state index >= 15 is 0 Å². The van der Waals surface area contributed by atoms with E-state index < -0.39 is 11.7 Å². The summed E-state index contributed by atoms with van der Waals surface area (Å²) < 4.78 is 13.0. The molecule has 0 aliphatic carbocycles. The van der Waals surface area contributed by atoms with Crippen LogP contribution in [-0.4, -0.2) is 48.8 Å². The number of carbonyl (C=O) groups is 3. The molecule has 0 spiro atoms. The van der Waals surface area contributed by atoms with Crippen LogP contribution in [0.3, 0.4) is 0 Å². The van der Waals surface area contributed by atoms with Gasteiger partial charge in [0.2, 0.25) is 11.8 Å². The summed E-state index contributed by atoms with van der Waals surface area (Å²) in [5.41, 5.74) is 1.05. The molecule has 8 heteroatoms. The van der Waals surface area contributed by atoms with Gasteiger partial charge in [-0.3, -0.25) is 19.3 Å². The number of amides is 3. The highest BCUT2D eigenvalue weighted by Crippen LogP contribution is 2.18. The highest BCUT2D eigenvalue weighted by atomic mass is 19.1. The maximum Gasteiger partial charge on any atom is 0.257 e. The van der Waals surface area contributed by atoms with Gasteiger partial charge in [0.05, 0.1) is 24.3 Å². The van der Waals surface area contributed by atoms with Crippen LogP contribution in [0.2, 0.25) is 0 Å². The molecule has 0 aliphatic heterocycles. The second-order valence-electron chi connectivity index (χ2n) is 6.95. The lowest BCUT2D eigenvalue weighted by Gasteiger charge is -2.18. The Morgan fingerprint density at radius 1 is 0.931 bits per heavy atom. The van der Waals surface area contributed by atoms with E-state index in [1.807, 2.05) is 13.8 Å². The van der Waals surface area contributed by atoms with Crippen molar-refractivity contribution >= 4 is 29.1 Å². The molecule has 2 aromatic rings.